The molecule has 3 aromatic rings. The molecule has 0 radical (unpaired) electrons. The van der Waals surface area contributed by atoms with Crippen LogP contribution in [0.15, 0.2) is 78.9 Å². The van der Waals surface area contributed by atoms with Crippen molar-refractivity contribution in [2.45, 2.75) is 12.8 Å². The fourth-order valence-electron chi connectivity index (χ4n) is 3.54. The van der Waals surface area contributed by atoms with Gasteiger partial charge in [0.2, 0.25) is 5.91 Å². The Bertz CT molecular complexity index is 1110. The lowest BCUT2D eigenvalue weighted by molar-refractivity contribution is -0.123. The molecule has 4 rings (SSSR count). The summed E-state index contributed by atoms with van der Waals surface area (Å²) in [5.74, 6) is -0.279. The van der Waals surface area contributed by atoms with Gasteiger partial charge in [-0.1, -0.05) is 48.5 Å². The lowest BCUT2D eigenvalue weighted by Gasteiger charge is -2.16. The molecular weight excluding hydrogens is 406 g/mol. The van der Waals surface area contributed by atoms with E-state index in [1.807, 2.05) is 48.5 Å². The highest BCUT2D eigenvalue weighted by Crippen LogP contribution is 2.29. The Morgan fingerprint density at radius 3 is 2.31 bits per heavy atom. The first-order valence-electron chi connectivity index (χ1n) is 10.4. The van der Waals surface area contributed by atoms with Crippen LogP contribution in [0.25, 0.3) is 11.1 Å². The molecule has 32 heavy (non-hydrogen) atoms. The second-order valence-corrected chi connectivity index (χ2v) is 7.35. The van der Waals surface area contributed by atoms with Gasteiger partial charge < -0.3 is 9.64 Å². The zero-order valence-electron chi connectivity index (χ0n) is 17.4. The Morgan fingerprint density at radius 2 is 1.59 bits per heavy atom. The van der Waals surface area contributed by atoms with E-state index in [-0.39, 0.29) is 12.5 Å². The number of hydrogen-bond donors (Lipinski definition) is 2. The van der Waals surface area contributed by atoms with Crippen molar-refractivity contribution in [3.05, 3.63) is 84.4 Å². The van der Waals surface area contributed by atoms with Gasteiger partial charge in [0.05, 0.1) is 0 Å². The van der Waals surface area contributed by atoms with Crippen molar-refractivity contribution in [3.63, 3.8) is 0 Å². The quantitative estimate of drug-likeness (QED) is 0.589. The number of para-hydroxylation sites is 1. The van der Waals surface area contributed by atoms with Crippen LogP contribution in [0.1, 0.15) is 23.2 Å². The van der Waals surface area contributed by atoms with E-state index in [2.05, 4.69) is 10.9 Å². The molecule has 0 saturated carbocycles. The second kappa shape index (κ2) is 9.78. The van der Waals surface area contributed by atoms with Crippen molar-refractivity contribution in [1.29, 1.82) is 0 Å². The van der Waals surface area contributed by atoms with Crippen molar-refractivity contribution in [2.75, 3.05) is 18.1 Å². The van der Waals surface area contributed by atoms with Gasteiger partial charge in [0.1, 0.15) is 5.75 Å². The summed E-state index contributed by atoms with van der Waals surface area (Å²) < 4.78 is 5.67. The van der Waals surface area contributed by atoms with Crippen LogP contribution in [0, 0.1) is 0 Å². The standard InChI is InChI=1S/C25H23N3O4/c29-23(17-32-22-10-5-4-9-21(22)18-7-2-1-3-8-18)26-27-25(31)19-12-14-20(15-13-19)28-16-6-11-24(28)30/h1-5,7-10,12-15H,6,11,16-17H2,(H,26,29)(H,27,31). The van der Waals surface area contributed by atoms with Crippen LogP contribution in [0.3, 0.4) is 0 Å². The second-order valence-electron chi connectivity index (χ2n) is 7.35. The lowest BCUT2D eigenvalue weighted by atomic mass is 10.1. The van der Waals surface area contributed by atoms with E-state index in [0.29, 0.717) is 24.3 Å². The van der Waals surface area contributed by atoms with Crippen LogP contribution < -0.4 is 20.5 Å². The molecule has 0 atom stereocenters. The Hall–Kier alpha value is -4.13. The molecule has 0 aliphatic carbocycles. The van der Waals surface area contributed by atoms with Gasteiger partial charge in [-0.05, 0) is 42.3 Å². The number of anilines is 1. The minimum absolute atomic E-state index is 0.0864. The molecule has 7 nitrogen and oxygen atoms in total. The molecule has 2 N–H and O–H groups in total. The maximum atomic E-state index is 12.3. The predicted molar refractivity (Wildman–Crippen MR) is 121 cm³/mol. The largest absolute Gasteiger partial charge is 0.483 e. The molecule has 1 heterocycles. The first-order chi connectivity index (χ1) is 15.6. The van der Waals surface area contributed by atoms with E-state index >= 15 is 0 Å². The van der Waals surface area contributed by atoms with Gasteiger partial charge in [-0.2, -0.15) is 0 Å². The van der Waals surface area contributed by atoms with E-state index in [4.69, 9.17) is 4.74 Å². The molecular formula is C25H23N3O4. The molecule has 162 valence electrons. The van der Waals surface area contributed by atoms with Crippen LogP contribution in [0.2, 0.25) is 0 Å². The number of nitrogens with zero attached hydrogens (tertiary/aromatic N) is 1. The number of carbonyl (C=O) groups is 3. The number of amides is 3. The van der Waals surface area contributed by atoms with E-state index < -0.39 is 11.8 Å². The van der Waals surface area contributed by atoms with E-state index in [0.717, 1.165) is 23.2 Å². The van der Waals surface area contributed by atoms with Crippen LogP contribution in [-0.2, 0) is 9.59 Å². The van der Waals surface area contributed by atoms with Gasteiger partial charge in [-0.25, -0.2) is 0 Å². The molecule has 1 fully saturated rings. The number of rotatable bonds is 6. The lowest BCUT2D eigenvalue weighted by Crippen LogP contribution is -2.43. The summed E-state index contributed by atoms with van der Waals surface area (Å²) in [6.07, 6.45) is 1.39. The van der Waals surface area contributed by atoms with Crippen molar-refractivity contribution in [1.82, 2.24) is 10.9 Å². The molecule has 0 aromatic heterocycles. The molecule has 0 bridgehead atoms. The van der Waals surface area contributed by atoms with E-state index in [1.54, 1.807) is 35.2 Å². The zero-order chi connectivity index (χ0) is 22.3. The Labute approximate surface area is 186 Å². The van der Waals surface area contributed by atoms with Gasteiger partial charge in [-0.3, -0.25) is 25.2 Å². The number of benzene rings is 3. The molecule has 1 saturated heterocycles. The minimum atomic E-state index is -0.486. The van der Waals surface area contributed by atoms with Crippen LogP contribution in [0.5, 0.6) is 5.75 Å². The zero-order valence-corrected chi connectivity index (χ0v) is 17.4. The first kappa shape index (κ1) is 21.1. The fourth-order valence-corrected chi connectivity index (χ4v) is 3.54. The third kappa shape index (κ3) is 4.95. The molecule has 0 spiro atoms. The summed E-state index contributed by atoms with van der Waals surface area (Å²) in [6.45, 7) is 0.438. The van der Waals surface area contributed by atoms with Crippen molar-refractivity contribution in [3.8, 4) is 16.9 Å². The molecule has 0 unspecified atom stereocenters. The van der Waals surface area contributed by atoms with Crippen LogP contribution >= 0.6 is 0 Å². The number of nitrogens with one attached hydrogen (secondary N) is 2. The van der Waals surface area contributed by atoms with Crippen molar-refractivity contribution < 1.29 is 19.1 Å². The van der Waals surface area contributed by atoms with E-state index in [1.165, 1.54) is 0 Å². The fraction of sp³-hybridized carbons (Fsp3) is 0.160. The maximum Gasteiger partial charge on any atom is 0.276 e. The Balaban J connectivity index is 1.29. The number of carbonyl (C=O) groups excluding carboxylic acids is 3. The summed E-state index contributed by atoms with van der Waals surface area (Å²) in [7, 11) is 0. The highest BCUT2D eigenvalue weighted by Gasteiger charge is 2.21. The third-order valence-electron chi connectivity index (χ3n) is 5.16. The smallest absolute Gasteiger partial charge is 0.276 e. The van der Waals surface area contributed by atoms with Gasteiger partial charge in [0, 0.05) is 29.8 Å². The topological polar surface area (TPSA) is 87.7 Å². The Morgan fingerprint density at radius 1 is 0.875 bits per heavy atom. The minimum Gasteiger partial charge on any atom is -0.483 e. The molecule has 1 aliphatic heterocycles. The maximum absolute atomic E-state index is 12.3. The molecule has 7 heteroatoms. The summed E-state index contributed by atoms with van der Waals surface area (Å²) in [6, 6.07) is 23.9. The predicted octanol–water partition coefficient (Wildman–Crippen LogP) is 3.32. The number of hydrogen-bond acceptors (Lipinski definition) is 4. The van der Waals surface area contributed by atoms with Crippen LogP contribution in [-0.4, -0.2) is 30.9 Å². The third-order valence-corrected chi connectivity index (χ3v) is 5.16. The normalized spacial score (nSPS) is 13.0. The molecule has 3 aromatic carbocycles. The highest BCUT2D eigenvalue weighted by atomic mass is 16.5. The van der Waals surface area contributed by atoms with Crippen molar-refractivity contribution >= 4 is 23.4 Å². The van der Waals surface area contributed by atoms with Crippen molar-refractivity contribution in [2.24, 2.45) is 0 Å². The SMILES string of the molecule is O=C(COc1ccccc1-c1ccccc1)NNC(=O)c1ccc(N2CCCC2=O)cc1. The van der Waals surface area contributed by atoms with Gasteiger partial charge >= 0.3 is 0 Å². The average Bonchev–Trinajstić information content (AvgIpc) is 3.28. The average molecular weight is 429 g/mol. The summed E-state index contributed by atoms with van der Waals surface area (Å²) in [4.78, 5) is 38.0. The van der Waals surface area contributed by atoms with Gasteiger partial charge in [0.25, 0.3) is 11.8 Å². The summed E-state index contributed by atoms with van der Waals surface area (Å²) in [5, 5.41) is 0. The van der Waals surface area contributed by atoms with Crippen LogP contribution in [0.4, 0.5) is 5.69 Å². The molecule has 1 aliphatic rings. The van der Waals surface area contributed by atoms with Gasteiger partial charge in [0.15, 0.2) is 6.61 Å². The summed E-state index contributed by atoms with van der Waals surface area (Å²) >= 11 is 0. The number of hydrazine groups is 1. The number of ether oxygens (including phenoxy) is 1. The summed E-state index contributed by atoms with van der Waals surface area (Å²) in [5.41, 5.74) is 7.73. The van der Waals surface area contributed by atoms with Gasteiger partial charge in [-0.15, -0.1) is 0 Å². The van der Waals surface area contributed by atoms with E-state index in [9.17, 15) is 14.4 Å². The highest BCUT2D eigenvalue weighted by molar-refractivity contribution is 5.98. The first-order valence-corrected chi connectivity index (χ1v) is 10.4. The monoisotopic (exact) mass is 429 g/mol. The Kier molecular flexibility index (Phi) is 6.46. The molecule has 3 amide bonds.